The van der Waals surface area contributed by atoms with Crippen LogP contribution in [0, 0.1) is 23.4 Å². The molecule has 1 fully saturated rings. The maximum Gasteiger partial charge on any atom is 0.313 e. The van der Waals surface area contributed by atoms with Gasteiger partial charge in [-0.2, -0.15) is 0 Å². The van der Waals surface area contributed by atoms with Gasteiger partial charge in [0.05, 0.1) is 5.69 Å². The quantitative estimate of drug-likeness (QED) is 0.575. The van der Waals surface area contributed by atoms with E-state index < -0.39 is 35.0 Å². The molecule has 1 unspecified atom stereocenters. The molecule has 5 nitrogen and oxygen atoms in total. The van der Waals surface area contributed by atoms with Crippen LogP contribution in [0.5, 0.6) is 0 Å². The van der Waals surface area contributed by atoms with Gasteiger partial charge in [0.2, 0.25) is 0 Å². The SMILES string of the molecule is CC1CCCN(Cc2ccccc2CNC(=O)C(=O)Nc2ccc(F)c(F)c2F)C1. The van der Waals surface area contributed by atoms with Gasteiger partial charge in [0.1, 0.15) is 0 Å². The molecule has 1 heterocycles. The molecule has 160 valence electrons. The van der Waals surface area contributed by atoms with Gasteiger partial charge in [0.25, 0.3) is 0 Å². The number of anilines is 1. The zero-order valence-electron chi connectivity index (χ0n) is 16.7. The van der Waals surface area contributed by atoms with Crippen molar-refractivity contribution in [1.82, 2.24) is 10.2 Å². The molecule has 2 N–H and O–H groups in total. The molecule has 0 radical (unpaired) electrons. The van der Waals surface area contributed by atoms with E-state index in [0.717, 1.165) is 43.2 Å². The van der Waals surface area contributed by atoms with Crippen molar-refractivity contribution in [2.45, 2.75) is 32.9 Å². The highest BCUT2D eigenvalue weighted by Gasteiger charge is 2.20. The smallest absolute Gasteiger partial charge is 0.313 e. The first kappa shape index (κ1) is 21.8. The summed E-state index contributed by atoms with van der Waals surface area (Å²) in [6, 6.07) is 9.15. The van der Waals surface area contributed by atoms with E-state index in [0.29, 0.717) is 12.0 Å². The first-order valence-corrected chi connectivity index (χ1v) is 9.87. The molecule has 2 aromatic rings. The fourth-order valence-corrected chi connectivity index (χ4v) is 3.61. The summed E-state index contributed by atoms with van der Waals surface area (Å²) in [6.07, 6.45) is 2.38. The Morgan fingerprint density at radius 1 is 1.03 bits per heavy atom. The number of likely N-dealkylation sites (tertiary alicyclic amines) is 1. The minimum atomic E-state index is -1.71. The van der Waals surface area contributed by atoms with Crippen molar-refractivity contribution in [3.05, 3.63) is 65.0 Å². The molecular weight excluding hydrogens is 395 g/mol. The number of nitrogens with zero attached hydrogens (tertiary/aromatic N) is 1. The summed E-state index contributed by atoms with van der Waals surface area (Å²) in [5, 5.41) is 4.45. The zero-order chi connectivity index (χ0) is 21.7. The Kier molecular flexibility index (Phi) is 7.10. The molecule has 1 saturated heterocycles. The van der Waals surface area contributed by atoms with Crippen LogP contribution in [0.1, 0.15) is 30.9 Å². The van der Waals surface area contributed by atoms with Crippen molar-refractivity contribution in [2.75, 3.05) is 18.4 Å². The van der Waals surface area contributed by atoms with E-state index in [4.69, 9.17) is 0 Å². The summed E-state index contributed by atoms with van der Waals surface area (Å²) in [5.74, 6) is -6.17. The maximum absolute atomic E-state index is 13.7. The Morgan fingerprint density at radius 3 is 2.50 bits per heavy atom. The van der Waals surface area contributed by atoms with Crippen molar-refractivity contribution in [3.63, 3.8) is 0 Å². The second kappa shape index (κ2) is 9.75. The van der Waals surface area contributed by atoms with E-state index in [1.165, 1.54) is 6.42 Å². The Balaban J connectivity index is 1.59. The van der Waals surface area contributed by atoms with Crippen LogP contribution < -0.4 is 10.6 Å². The van der Waals surface area contributed by atoms with Gasteiger partial charge >= 0.3 is 11.8 Å². The van der Waals surface area contributed by atoms with Gasteiger partial charge in [0.15, 0.2) is 17.5 Å². The lowest BCUT2D eigenvalue weighted by atomic mass is 9.99. The summed E-state index contributed by atoms with van der Waals surface area (Å²) in [6.45, 7) is 5.14. The van der Waals surface area contributed by atoms with Crippen molar-refractivity contribution in [3.8, 4) is 0 Å². The Morgan fingerprint density at radius 2 is 1.77 bits per heavy atom. The van der Waals surface area contributed by atoms with Gasteiger partial charge in [-0.3, -0.25) is 14.5 Å². The molecule has 0 aliphatic carbocycles. The summed E-state index contributed by atoms with van der Waals surface area (Å²) in [5.41, 5.74) is 1.32. The fraction of sp³-hybridized carbons (Fsp3) is 0.364. The van der Waals surface area contributed by atoms with E-state index in [9.17, 15) is 22.8 Å². The number of halogens is 3. The van der Waals surface area contributed by atoms with E-state index in [1.54, 1.807) is 0 Å². The average molecular weight is 419 g/mol. The zero-order valence-corrected chi connectivity index (χ0v) is 16.7. The number of carbonyl (C=O) groups is 2. The molecule has 2 amide bonds. The highest BCUT2D eigenvalue weighted by Crippen LogP contribution is 2.20. The highest BCUT2D eigenvalue weighted by atomic mass is 19.2. The predicted octanol–water partition coefficient (Wildman–Crippen LogP) is 3.59. The Labute approximate surface area is 173 Å². The molecule has 3 rings (SSSR count). The van der Waals surface area contributed by atoms with Crippen LogP contribution in [0.2, 0.25) is 0 Å². The molecule has 1 aliphatic heterocycles. The summed E-state index contributed by atoms with van der Waals surface area (Å²) in [4.78, 5) is 26.5. The van der Waals surface area contributed by atoms with E-state index in [2.05, 4.69) is 17.1 Å². The van der Waals surface area contributed by atoms with Crippen LogP contribution in [0.3, 0.4) is 0 Å². The van der Waals surface area contributed by atoms with E-state index >= 15 is 0 Å². The second-order valence-electron chi connectivity index (χ2n) is 7.61. The number of rotatable bonds is 5. The molecule has 0 saturated carbocycles. The van der Waals surface area contributed by atoms with Crippen molar-refractivity contribution in [2.24, 2.45) is 5.92 Å². The molecule has 1 aliphatic rings. The van der Waals surface area contributed by atoms with Gasteiger partial charge in [-0.1, -0.05) is 31.2 Å². The molecule has 8 heteroatoms. The molecule has 0 spiro atoms. The van der Waals surface area contributed by atoms with Crippen LogP contribution in [0.25, 0.3) is 0 Å². The molecule has 0 aromatic heterocycles. The van der Waals surface area contributed by atoms with Crippen molar-refractivity contribution >= 4 is 17.5 Å². The van der Waals surface area contributed by atoms with Crippen molar-refractivity contribution < 1.29 is 22.8 Å². The van der Waals surface area contributed by atoms with Crippen LogP contribution in [0.15, 0.2) is 36.4 Å². The lowest BCUT2D eigenvalue weighted by Crippen LogP contribution is -2.36. The summed E-state index contributed by atoms with van der Waals surface area (Å²) < 4.78 is 39.9. The van der Waals surface area contributed by atoms with Crippen LogP contribution in [-0.4, -0.2) is 29.8 Å². The molecule has 0 bridgehead atoms. The fourth-order valence-electron chi connectivity index (χ4n) is 3.61. The largest absolute Gasteiger partial charge is 0.344 e. The minimum absolute atomic E-state index is 0.117. The van der Waals surface area contributed by atoms with Gasteiger partial charge in [0, 0.05) is 19.6 Å². The lowest BCUT2D eigenvalue weighted by molar-refractivity contribution is -0.136. The van der Waals surface area contributed by atoms with Gasteiger partial charge in [-0.15, -0.1) is 0 Å². The molecule has 1 atom stereocenters. The summed E-state index contributed by atoms with van der Waals surface area (Å²) in [7, 11) is 0. The third kappa shape index (κ3) is 5.38. The first-order valence-electron chi connectivity index (χ1n) is 9.87. The first-order chi connectivity index (χ1) is 14.3. The lowest BCUT2D eigenvalue weighted by Gasteiger charge is -2.31. The monoisotopic (exact) mass is 419 g/mol. The standard InChI is InChI=1S/C22H24F3N3O2/c1-14-5-4-10-28(12-14)13-16-7-3-2-6-15(16)11-26-21(29)22(30)27-18-9-8-17(23)19(24)20(18)25/h2-3,6-9,14H,4-5,10-13H2,1H3,(H,26,29)(H,27,30). The third-order valence-electron chi connectivity index (χ3n) is 5.18. The predicted molar refractivity (Wildman–Crippen MR) is 107 cm³/mol. The molecule has 30 heavy (non-hydrogen) atoms. The van der Waals surface area contributed by atoms with Gasteiger partial charge in [-0.05, 0) is 48.6 Å². The van der Waals surface area contributed by atoms with Crippen LogP contribution >= 0.6 is 0 Å². The number of carbonyl (C=O) groups excluding carboxylic acids is 2. The second-order valence-corrected chi connectivity index (χ2v) is 7.61. The Bertz CT molecular complexity index is 936. The van der Waals surface area contributed by atoms with E-state index in [-0.39, 0.29) is 6.54 Å². The third-order valence-corrected chi connectivity index (χ3v) is 5.18. The number of piperidine rings is 1. The number of hydrogen-bond acceptors (Lipinski definition) is 3. The van der Waals surface area contributed by atoms with Gasteiger partial charge in [-0.25, -0.2) is 13.2 Å². The minimum Gasteiger partial charge on any atom is -0.344 e. The van der Waals surface area contributed by atoms with E-state index in [1.807, 2.05) is 29.6 Å². The maximum atomic E-state index is 13.7. The van der Waals surface area contributed by atoms with Crippen LogP contribution in [-0.2, 0) is 22.7 Å². The Hall–Kier alpha value is -2.87. The number of nitrogens with one attached hydrogen (secondary N) is 2. The average Bonchev–Trinajstić information content (AvgIpc) is 2.73. The summed E-state index contributed by atoms with van der Waals surface area (Å²) >= 11 is 0. The molecular formula is C22H24F3N3O2. The molecule has 2 aromatic carbocycles. The van der Waals surface area contributed by atoms with Crippen LogP contribution in [0.4, 0.5) is 18.9 Å². The highest BCUT2D eigenvalue weighted by molar-refractivity contribution is 6.39. The number of hydrogen-bond donors (Lipinski definition) is 2. The normalized spacial score (nSPS) is 16.9. The van der Waals surface area contributed by atoms with Gasteiger partial charge < -0.3 is 10.6 Å². The topological polar surface area (TPSA) is 61.4 Å². The van der Waals surface area contributed by atoms with Crippen molar-refractivity contribution in [1.29, 1.82) is 0 Å². The number of benzene rings is 2. The number of amides is 2.